The van der Waals surface area contributed by atoms with Crippen molar-refractivity contribution in [2.24, 2.45) is 0 Å². The van der Waals surface area contributed by atoms with Crippen molar-refractivity contribution < 1.29 is 13.2 Å². The number of aryl methyl sites for hydroxylation is 1. The summed E-state index contributed by atoms with van der Waals surface area (Å²) in [6.07, 6.45) is -1.79. The Morgan fingerprint density at radius 3 is 2.22 bits per heavy atom. The lowest BCUT2D eigenvalue weighted by Crippen LogP contribution is -2.12. The summed E-state index contributed by atoms with van der Waals surface area (Å²) in [5.74, 6) is 0. The topological polar surface area (TPSA) is 12.9 Å². The highest BCUT2D eigenvalue weighted by atomic mass is 19.4. The van der Waals surface area contributed by atoms with Gasteiger partial charge in [0.05, 0.1) is 17.5 Å². The lowest BCUT2D eigenvalue weighted by molar-refractivity contribution is -0.137. The number of halogens is 3. The van der Waals surface area contributed by atoms with Crippen LogP contribution in [0.25, 0.3) is 11.3 Å². The minimum absolute atomic E-state index is 0.0637. The number of alkyl halides is 3. The fourth-order valence-electron chi connectivity index (χ4n) is 1.80. The Kier molecular flexibility index (Phi) is 3.11. The van der Waals surface area contributed by atoms with Crippen LogP contribution in [0.15, 0.2) is 30.3 Å². The number of hydrogen-bond acceptors (Lipinski definition) is 1. The van der Waals surface area contributed by atoms with E-state index >= 15 is 0 Å². The molecule has 0 amide bonds. The molecule has 0 bridgehead atoms. The lowest BCUT2D eigenvalue weighted by Gasteiger charge is -2.16. The number of benzene rings is 1. The van der Waals surface area contributed by atoms with Crippen LogP contribution in [0.1, 0.15) is 16.7 Å². The summed E-state index contributed by atoms with van der Waals surface area (Å²) in [6.45, 7) is 3.02. The molecule has 0 N–H and O–H groups in total. The van der Waals surface area contributed by atoms with E-state index in [1.807, 2.05) is 0 Å². The zero-order chi connectivity index (χ0) is 13.3. The standard InChI is InChI=1S/C14H11F3N/c1-9-8-18-13(11-6-4-3-5-7-11)12(10(9)2)14(15,16)17/h3-7H,1-2H3. The quantitative estimate of drug-likeness (QED) is 0.739. The Morgan fingerprint density at radius 2 is 1.67 bits per heavy atom. The van der Waals surface area contributed by atoms with Gasteiger partial charge in [0.2, 0.25) is 0 Å². The van der Waals surface area contributed by atoms with Gasteiger partial charge in [-0.1, -0.05) is 30.3 Å². The molecule has 0 unspecified atom stereocenters. The lowest BCUT2D eigenvalue weighted by atomic mass is 9.98. The first-order valence-electron chi connectivity index (χ1n) is 5.42. The normalized spacial score (nSPS) is 11.6. The Hall–Kier alpha value is -1.84. The highest BCUT2D eigenvalue weighted by Gasteiger charge is 2.36. The molecule has 0 aliphatic heterocycles. The van der Waals surface area contributed by atoms with E-state index in [2.05, 4.69) is 11.2 Å². The van der Waals surface area contributed by atoms with Crippen molar-refractivity contribution in [3.63, 3.8) is 0 Å². The predicted molar refractivity (Wildman–Crippen MR) is 63.0 cm³/mol. The van der Waals surface area contributed by atoms with E-state index in [1.165, 1.54) is 6.92 Å². The van der Waals surface area contributed by atoms with E-state index in [0.717, 1.165) is 0 Å². The van der Waals surface area contributed by atoms with Gasteiger partial charge in [0, 0.05) is 5.56 Å². The van der Waals surface area contributed by atoms with E-state index in [-0.39, 0.29) is 11.3 Å². The molecule has 1 aromatic carbocycles. The van der Waals surface area contributed by atoms with Gasteiger partial charge in [0.25, 0.3) is 0 Å². The maximum absolute atomic E-state index is 13.1. The molecule has 18 heavy (non-hydrogen) atoms. The molecule has 2 rings (SSSR count). The SMILES string of the molecule is Cc1[c]nc(-c2ccccc2)c(C(F)(F)F)c1C. The molecule has 1 heterocycles. The molecule has 0 spiro atoms. The molecule has 1 aromatic heterocycles. The van der Waals surface area contributed by atoms with Crippen LogP contribution in [0.4, 0.5) is 13.2 Å². The van der Waals surface area contributed by atoms with Crippen molar-refractivity contribution in [1.82, 2.24) is 4.98 Å². The van der Waals surface area contributed by atoms with Gasteiger partial charge in [-0.2, -0.15) is 13.2 Å². The number of pyridine rings is 1. The van der Waals surface area contributed by atoms with Gasteiger partial charge >= 0.3 is 6.18 Å². The summed E-state index contributed by atoms with van der Waals surface area (Å²) in [5.41, 5.74) is 0.304. The molecule has 1 nitrogen and oxygen atoms in total. The minimum Gasteiger partial charge on any atom is -0.245 e. The van der Waals surface area contributed by atoms with E-state index in [1.54, 1.807) is 37.3 Å². The maximum atomic E-state index is 13.1. The van der Waals surface area contributed by atoms with Gasteiger partial charge in [0.15, 0.2) is 0 Å². The molecule has 4 heteroatoms. The van der Waals surface area contributed by atoms with E-state index in [4.69, 9.17) is 0 Å². The van der Waals surface area contributed by atoms with Crippen molar-refractivity contribution in [3.05, 3.63) is 53.2 Å². The Labute approximate surface area is 103 Å². The highest BCUT2D eigenvalue weighted by Crippen LogP contribution is 2.38. The molecule has 2 aromatic rings. The van der Waals surface area contributed by atoms with Crippen LogP contribution in [0.5, 0.6) is 0 Å². The van der Waals surface area contributed by atoms with E-state index in [9.17, 15) is 13.2 Å². The highest BCUT2D eigenvalue weighted by molar-refractivity contribution is 5.65. The van der Waals surface area contributed by atoms with Gasteiger partial charge in [-0.15, -0.1) is 0 Å². The van der Waals surface area contributed by atoms with Gasteiger partial charge < -0.3 is 0 Å². The maximum Gasteiger partial charge on any atom is 0.418 e. The number of aromatic nitrogens is 1. The van der Waals surface area contributed by atoms with Crippen molar-refractivity contribution in [2.75, 3.05) is 0 Å². The smallest absolute Gasteiger partial charge is 0.245 e. The first kappa shape index (κ1) is 12.6. The number of rotatable bonds is 1. The van der Waals surface area contributed by atoms with Crippen LogP contribution in [0.2, 0.25) is 0 Å². The Bertz CT molecular complexity index is 559. The second kappa shape index (κ2) is 4.44. The third-order valence-corrected chi connectivity index (χ3v) is 2.84. The summed E-state index contributed by atoms with van der Waals surface area (Å²) in [5, 5.41) is 0. The van der Waals surface area contributed by atoms with Crippen molar-refractivity contribution in [2.45, 2.75) is 20.0 Å². The Balaban J connectivity index is 2.73. The van der Waals surface area contributed by atoms with Crippen LogP contribution in [-0.4, -0.2) is 4.98 Å². The average Bonchev–Trinajstić information content (AvgIpc) is 2.32. The van der Waals surface area contributed by atoms with Crippen LogP contribution in [0.3, 0.4) is 0 Å². The molecule has 0 aliphatic carbocycles. The van der Waals surface area contributed by atoms with Gasteiger partial charge in [-0.25, -0.2) is 4.98 Å². The summed E-state index contributed by atoms with van der Waals surface area (Å²) >= 11 is 0. The molecule has 0 saturated carbocycles. The van der Waals surface area contributed by atoms with E-state index in [0.29, 0.717) is 11.1 Å². The fourth-order valence-corrected chi connectivity index (χ4v) is 1.80. The molecule has 0 saturated heterocycles. The fraction of sp³-hybridized carbons (Fsp3) is 0.214. The summed E-state index contributed by atoms with van der Waals surface area (Å²) < 4.78 is 39.4. The molecular formula is C14H11F3N. The molecule has 0 fully saturated rings. The average molecular weight is 250 g/mol. The summed E-state index contributed by atoms with van der Waals surface area (Å²) in [7, 11) is 0. The molecule has 93 valence electrons. The van der Waals surface area contributed by atoms with Gasteiger partial charge in [0.1, 0.15) is 0 Å². The summed E-state index contributed by atoms with van der Waals surface area (Å²) in [6, 6.07) is 8.35. The van der Waals surface area contributed by atoms with Crippen molar-refractivity contribution >= 4 is 0 Å². The summed E-state index contributed by atoms with van der Waals surface area (Å²) in [4.78, 5) is 3.83. The van der Waals surface area contributed by atoms with Crippen LogP contribution < -0.4 is 0 Å². The monoisotopic (exact) mass is 250 g/mol. The zero-order valence-corrected chi connectivity index (χ0v) is 9.97. The van der Waals surface area contributed by atoms with Crippen LogP contribution in [0, 0.1) is 20.0 Å². The first-order chi connectivity index (χ1) is 8.41. The van der Waals surface area contributed by atoms with Crippen LogP contribution >= 0.6 is 0 Å². The molecule has 0 aliphatic rings. The third kappa shape index (κ3) is 2.23. The van der Waals surface area contributed by atoms with E-state index < -0.39 is 11.7 Å². The zero-order valence-electron chi connectivity index (χ0n) is 9.97. The van der Waals surface area contributed by atoms with Crippen LogP contribution in [-0.2, 0) is 6.18 Å². The Morgan fingerprint density at radius 1 is 1.06 bits per heavy atom. The predicted octanol–water partition coefficient (Wildman–Crippen LogP) is 4.18. The second-order valence-electron chi connectivity index (χ2n) is 4.06. The minimum atomic E-state index is -4.41. The number of nitrogens with zero attached hydrogens (tertiary/aromatic N) is 1. The van der Waals surface area contributed by atoms with Gasteiger partial charge in [-0.3, -0.25) is 0 Å². The molecule has 0 atom stereocenters. The second-order valence-corrected chi connectivity index (χ2v) is 4.06. The van der Waals surface area contributed by atoms with Crippen molar-refractivity contribution in [1.29, 1.82) is 0 Å². The van der Waals surface area contributed by atoms with Crippen molar-refractivity contribution in [3.8, 4) is 11.3 Å². The number of hydrogen-bond donors (Lipinski definition) is 0. The first-order valence-corrected chi connectivity index (χ1v) is 5.42. The largest absolute Gasteiger partial charge is 0.418 e. The molecular weight excluding hydrogens is 239 g/mol. The third-order valence-electron chi connectivity index (χ3n) is 2.84. The molecule has 1 radical (unpaired) electrons. The van der Waals surface area contributed by atoms with Gasteiger partial charge in [-0.05, 0) is 25.0 Å².